The first kappa shape index (κ1) is 39.0. The number of hydrogen-bond donors (Lipinski definition) is 1. The molecule has 63 heavy (non-hydrogen) atoms. The third kappa shape index (κ3) is 5.77. The van der Waals surface area contributed by atoms with Crippen LogP contribution in [0, 0.1) is 31.4 Å². The number of aryl methyl sites for hydroxylation is 3. The molecule has 322 valence electrons. The summed E-state index contributed by atoms with van der Waals surface area (Å²) in [4.78, 5) is 46.8. The number of nitrogens with zero attached hydrogens (tertiary/aromatic N) is 9. The van der Waals surface area contributed by atoms with Gasteiger partial charge in [0.2, 0.25) is 0 Å². The Morgan fingerprint density at radius 3 is 2.37 bits per heavy atom. The molecular formula is C46H44F2N10O5. The molecule has 3 aromatic carbocycles. The summed E-state index contributed by atoms with van der Waals surface area (Å²) in [5.74, 6) is -1.70. The molecule has 2 aliphatic heterocycles. The molecule has 0 unspecified atom stereocenters. The number of halogens is 2. The van der Waals surface area contributed by atoms with Crippen molar-refractivity contribution in [1.29, 1.82) is 0 Å². The Kier molecular flexibility index (Phi) is 8.71. The van der Waals surface area contributed by atoms with Crippen LogP contribution in [-0.2, 0) is 23.7 Å². The molecule has 0 radical (unpaired) electrons. The fraction of sp³-hybridized carbons (Fsp3) is 0.348. The highest BCUT2D eigenvalue weighted by Gasteiger charge is 2.60. The van der Waals surface area contributed by atoms with Crippen LogP contribution in [0.3, 0.4) is 0 Å². The van der Waals surface area contributed by atoms with Gasteiger partial charge in [-0.2, -0.15) is 10.2 Å². The maximum absolute atomic E-state index is 17.6. The quantitative estimate of drug-likeness (QED) is 0.187. The van der Waals surface area contributed by atoms with Gasteiger partial charge in [0.05, 0.1) is 40.3 Å². The van der Waals surface area contributed by atoms with E-state index in [0.717, 1.165) is 29.3 Å². The van der Waals surface area contributed by atoms with Gasteiger partial charge in [0, 0.05) is 62.0 Å². The zero-order chi connectivity index (χ0) is 43.6. The Bertz CT molecular complexity index is 3280. The Balaban J connectivity index is 1.07. The van der Waals surface area contributed by atoms with Gasteiger partial charge in [-0.3, -0.25) is 28.1 Å². The molecule has 1 saturated heterocycles. The first-order valence-electron chi connectivity index (χ1n) is 21.3. The summed E-state index contributed by atoms with van der Waals surface area (Å²) in [6.07, 6.45) is 7.43. The summed E-state index contributed by atoms with van der Waals surface area (Å²) in [7, 11) is 1.85. The largest absolute Gasteiger partial charge is 0.438 e. The number of H-pyrrole nitrogens is 1. The van der Waals surface area contributed by atoms with Crippen molar-refractivity contribution in [3.05, 3.63) is 139 Å². The lowest BCUT2D eigenvalue weighted by Gasteiger charge is -2.34. The molecule has 0 spiro atoms. The summed E-state index contributed by atoms with van der Waals surface area (Å²) in [6.45, 7) is 8.58. The van der Waals surface area contributed by atoms with Crippen molar-refractivity contribution in [1.82, 2.24) is 48.3 Å². The number of hydrogen-bond acceptors (Lipinski definition) is 8. The van der Waals surface area contributed by atoms with Gasteiger partial charge in [0.15, 0.2) is 11.6 Å². The summed E-state index contributed by atoms with van der Waals surface area (Å²) in [5, 5.41) is 14.6. The lowest BCUT2D eigenvalue weighted by atomic mass is 9.91. The summed E-state index contributed by atoms with van der Waals surface area (Å²) in [6, 6.07) is 14.0. The lowest BCUT2D eigenvalue weighted by Crippen LogP contribution is -2.41. The third-order valence-corrected chi connectivity index (χ3v) is 13.7. The second-order valence-corrected chi connectivity index (χ2v) is 17.4. The van der Waals surface area contributed by atoms with E-state index in [1.807, 2.05) is 57.3 Å². The fourth-order valence-electron chi connectivity index (χ4n) is 10.3. The minimum Gasteiger partial charge on any atom is -0.381 e. The number of aromatic amines is 1. The second-order valence-electron chi connectivity index (χ2n) is 17.4. The molecule has 17 heteroatoms. The van der Waals surface area contributed by atoms with Crippen LogP contribution in [0.5, 0.6) is 0 Å². The van der Waals surface area contributed by atoms with Crippen LogP contribution in [0.1, 0.15) is 89.3 Å². The molecule has 11 rings (SSSR count). The number of ether oxygens (including phenoxy) is 1. The highest BCUT2D eigenvalue weighted by molar-refractivity contribution is 6.00. The normalized spacial score (nSPS) is 20.3. The van der Waals surface area contributed by atoms with Gasteiger partial charge >= 0.3 is 11.4 Å². The van der Waals surface area contributed by atoms with Crippen LogP contribution < -0.4 is 11.4 Å². The molecule has 15 nitrogen and oxygen atoms in total. The molecule has 7 heterocycles. The van der Waals surface area contributed by atoms with Crippen LogP contribution in [0.15, 0.2) is 81.2 Å². The molecule has 1 N–H and O–H groups in total. The number of fused-ring (bicyclic) bond motifs is 3. The van der Waals surface area contributed by atoms with Crippen LogP contribution in [0.2, 0.25) is 0 Å². The van der Waals surface area contributed by atoms with E-state index in [0.29, 0.717) is 70.1 Å². The second kappa shape index (κ2) is 14.1. The molecular weight excluding hydrogens is 811 g/mol. The van der Waals surface area contributed by atoms with E-state index in [4.69, 9.17) is 14.4 Å². The molecule has 0 bridgehead atoms. The number of rotatable bonds is 7. The number of imidazole rings is 1. The minimum atomic E-state index is -1.06. The number of carbonyl (C=O) groups is 1. The summed E-state index contributed by atoms with van der Waals surface area (Å²) in [5.41, 5.74) is 3.96. The lowest BCUT2D eigenvalue weighted by molar-refractivity contribution is 0.0658. The Morgan fingerprint density at radius 2 is 1.65 bits per heavy atom. The Morgan fingerprint density at radius 1 is 0.921 bits per heavy atom. The van der Waals surface area contributed by atoms with E-state index in [2.05, 4.69) is 15.2 Å². The predicted octanol–water partition coefficient (Wildman–Crippen LogP) is 6.66. The molecule has 1 amide bonds. The van der Waals surface area contributed by atoms with Gasteiger partial charge in [-0.15, -0.1) is 0 Å². The molecule has 5 aromatic heterocycles. The van der Waals surface area contributed by atoms with Gasteiger partial charge in [0.1, 0.15) is 22.9 Å². The highest BCUT2D eigenvalue weighted by atomic mass is 19.1. The first-order valence-corrected chi connectivity index (χ1v) is 21.3. The van der Waals surface area contributed by atoms with Crippen LogP contribution >= 0.6 is 0 Å². The van der Waals surface area contributed by atoms with Crippen molar-refractivity contribution < 1.29 is 22.8 Å². The molecule has 3 atom stereocenters. The van der Waals surface area contributed by atoms with Crippen molar-refractivity contribution in [2.45, 2.75) is 70.9 Å². The van der Waals surface area contributed by atoms with E-state index in [1.54, 1.807) is 63.4 Å². The standard InChI is InChI=1S/C46H44F2N10O5/c1-24-18-32(19-25(2)38(24)47)58-41(56-15-14-55(45(56)61)31-7-9-35-30(20-31)23-49-53(35)5)37-27(4)54(13-10-34(37)51-58)42(59)40-39(48)33-21-29(28-11-16-62-17-12-28)6-8-36(33)57(40)46(22-26(46)3)43-50-44(60)63-52-43/h6-9,14-15,18-21,23,26-28H,10-13,16-17,22H2,1-5H3,(H,50,52,60)/t26-,27-,46-/m0/s1. The number of nitrogens with one attached hydrogen (secondary N) is 1. The SMILES string of the molecule is Cc1cc(-n2nc3c(c2-n2ccn(-c4ccc5c(cnn5C)c4)c2=O)[C@H](C)N(C(=O)c2c(F)c4cc(C5CCOCC5)ccc4n2[C@@]2(c4noc(=O)[nH]4)C[C@@H]2C)CC3)cc(C)c1F. The van der Waals surface area contributed by atoms with E-state index >= 15 is 13.6 Å². The smallest absolute Gasteiger partial charge is 0.381 e. The molecule has 8 aromatic rings. The molecule has 1 saturated carbocycles. The van der Waals surface area contributed by atoms with Gasteiger partial charge in [-0.1, -0.05) is 18.1 Å². The van der Waals surface area contributed by atoms with E-state index in [9.17, 15) is 9.59 Å². The monoisotopic (exact) mass is 854 g/mol. The van der Waals surface area contributed by atoms with E-state index < -0.39 is 34.8 Å². The van der Waals surface area contributed by atoms with Crippen molar-refractivity contribution in [2.24, 2.45) is 13.0 Å². The van der Waals surface area contributed by atoms with Crippen molar-refractivity contribution in [3.63, 3.8) is 0 Å². The number of carbonyl (C=O) groups excluding carboxylic acids is 1. The number of amides is 1. The van der Waals surface area contributed by atoms with Crippen molar-refractivity contribution in [3.8, 4) is 17.2 Å². The zero-order valence-electron chi connectivity index (χ0n) is 35.4. The van der Waals surface area contributed by atoms with Gasteiger partial charge in [-0.25, -0.2) is 23.1 Å². The highest BCUT2D eigenvalue weighted by Crippen LogP contribution is 2.56. The molecule has 2 fully saturated rings. The number of aromatic nitrogens is 9. The molecule has 1 aliphatic carbocycles. The maximum atomic E-state index is 17.6. The van der Waals surface area contributed by atoms with E-state index in [1.165, 1.54) is 9.13 Å². The summed E-state index contributed by atoms with van der Waals surface area (Å²) < 4.78 is 51.4. The first-order chi connectivity index (χ1) is 30.3. The van der Waals surface area contributed by atoms with Gasteiger partial charge in [-0.05, 0) is 111 Å². The third-order valence-electron chi connectivity index (χ3n) is 13.7. The minimum absolute atomic E-state index is 0.136. The number of benzene rings is 3. The maximum Gasteiger partial charge on any atom is 0.438 e. The Hall–Kier alpha value is -6.88. The van der Waals surface area contributed by atoms with Crippen LogP contribution in [0.25, 0.3) is 39.0 Å². The zero-order valence-corrected chi connectivity index (χ0v) is 35.4. The average molecular weight is 855 g/mol. The van der Waals surface area contributed by atoms with Crippen molar-refractivity contribution >= 4 is 27.7 Å². The molecule has 3 aliphatic rings. The van der Waals surface area contributed by atoms with Gasteiger partial charge in [0.25, 0.3) is 5.91 Å². The van der Waals surface area contributed by atoms with Crippen LogP contribution in [-0.4, -0.2) is 74.0 Å². The topological polar surface area (TPSA) is 156 Å². The van der Waals surface area contributed by atoms with Gasteiger partial charge < -0.3 is 14.2 Å². The van der Waals surface area contributed by atoms with Crippen molar-refractivity contribution in [2.75, 3.05) is 19.8 Å². The average Bonchev–Trinajstić information content (AvgIpc) is 3.87. The summed E-state index contributed by atoms with van der Waals surface area (Å²) >= 11 is 0. The fourth-order valence-corrected chi connectivity index (χ4v) is 10.3. The Labute approximate surface area is 358 Å². The predicted molar refractivity (Wildman–Crippen MR) is 228 cm³/mol. The van der Waals surface area contributed by atoms with E-state index in [-0.39, 0.29) is 42.1 Å². The van der Waals surface area contributed by atoms with Crippen LogP contribution in [0.4, 0.5) is 8.78 Å².